The van der Waals surface area contributed by atoms with Crippen LogP contribution in [0.3, 0.4) is 0 Å². The molecule has 1 aliphatic heterocycles. The third-order valence-electron chi connectivity index (χ3n) is 8.41. The molecule has 268 valence electrons. The summed E-state index contributed by atoms with van der Waals surface area (Å²) in [5, 5.41) is 11.6. The number of hydrogen-bond acceptors (Lipinski definition) is 11. The molecule has 1 aliphatic rings. The molecule has 51 heavy (non-hydrogen) atoms. The molecule has 14 nitrogen and oxygen atoms in total. The molecule has 4 unspecified atom stereocenters. The van der Waals surface area contributed by atoms with Gasteiger partial charge in [-0.25, -0.2) is 4.79 Å². The molecular formula is C37H39N3O11. The first-order valence-corrected chi connectivity index (χ1v) is 16.0. The molecule has 0 spiro atoms. The molecule has 2 N–H and O–H groups in total. The number of carbonyl (C=O) groups excluding carboxylic acids is 2. The van der Waals surface area contributed by atoms with Gasteiger partial charge in [0.1, 0.15) is 35.1 Å². The quantitative estimate of drug-likeness (QED) is 0.135. The largest absolute Gasteiger partial charge is 0.497 e. The Morgan fingerprint density at radius 1 is 0.843 bits per heavy atom. The normalized spacial score (nSPS) is 18.5. The second-order valence-corrected chi connectivity index (χ2v) is 11.6. The Morgan fingerprint density at radius 3 is 1.94 bits per heavy atom. The first-order valence-electron chi connectivity index (χ1n) is 16.0. The van der Waals surface area contributed by atoms with Gasteiger partial charge in [0.15, 0.2) is 12.3 Å². The number of carboxylic acid groups (broad SMARTS) is 1. The van der Waals surface area contributed by atoms with Gasteiger partial charge in [-0.3, -0.25) is 19.0 Å². The monoisotopic (exact) mass is 701 g/mol. The van der Waals surface area contributed by atoms with Crippen molar-refractivity contribution in [2.24, 2.45) is 0 Å². The van der Waals surface area contributed by atoms with Crippen molar-refractivity contribution in [3.63, 3.8) is 0 Å². The molecule has 1 aromatic heterocycles. The summed E-state index contributed by atoms with van der Waals surface area (Å²) in [6, 6.07) is 25.8. The number of aliphatic carboxylic acids is 1. The lowest BCUT2D eigenvalue weighted by atomic mass is 9.80. The highest BCUT2D eigenvalue weighted by atomic mass is 16.6. The second-order valence-electron chi connectivity index (χ2n) is 11.6. The van der Waals surface area contributed by atoms with Crippen molar-refractivity contribution in [3.05, 3.63) is 118 Å². The van der Waals surface area contributed by atoms with Crippen LogP contribution in [0.15, 0.2) is 95.9 Å². The molecule has 1 amide bonds. The average Bonchev–Trinajstić information content (AvgIpc) is 3.47. The fourth-order valence-electron chi connectivity index (χ4n) is 6.02. The van der Waals surface area contributed by atoms with E-state index in [-0.39, 0.29) is 12.4 Å². The fraction of sp³-hybridized carbons (Fsp3) is 0.324. The van der Waals surface area contributed by atoms with E-state index < -0.39 is 66.5 Å². The Morgan fingerprint density at radius 2 is 1.43 bits per heavy atom. The molecular weight excluding hydrogens is 662 g/mol. The number of esters is 1. The van der Waals surface area contributed by atoms with Crippen LogP contribution in [0.25, 0.3) is 0 Å². The van der Waals surface area contributed by atoms with Crippen LogP contribution in [0.1, 0.15) is 42.7 Å². The SMILES string of the molecule is COc1ccc(C(OCC2OC(n3ccc(NC(C)=O)nc3=O)C(OC)C2OC(=O)CCC(=O)O)(c2ccccc2)c2ccc(OC)cc2)cc1. The van der Waals surface area contributed by atoms with Gasteiger partial charge in [0.05, 0.1) is 33.7 Å². The van der Waals surface area contributed by atoms with Gasteiger partial charge in [0.25, 0.3) is 0 Å². The Balaban J connectivity index is 1.59. The summed E-state index contributed by atoms with van der Waals surface area (Å²) in [5.74, 6) is -1.06. The molecule has 4 atom stereocenters. The van der Waals surface area contributed by atoms with E-state index in [1.54, 1.807) is 14.2 Å². The number of hydrogen-bond donors (Lipinski definition) is 2. The lowest BCUT2D eigenvalue weighted by molar-refractivity contribution is -0.161. The summed E-state index contributed by atoms with van der Waals surface area (Å²) in [7, 11) is 4.52. The number of ether oxygens (including phenoxy) is 6. The van der Waals surface area contributed by atoms with Gasteiger partial charge in [0.2, 0.25) is 5.91 Å². The van der Waals surface area contributed by atoms with Crippen LogP contribution in [0.2, 0.25) is 0 Å². The van der Waals surface area contributed by atoms with Crippen LogP contribution in [-0.4, -0.2) is 78.8 Å². The molecule has 1 fully saturated rings. The maximum Gasteiger partial charge on any atom is 0.351 e. The van der Waals surface area contributed by atoms with E-state index in [0.717, 1.165) is 21.3 Å². The zero-order valence-electron chi connectivity index (χ0n) is 28.5. The zero-order valence-corrected chi connectivity index (χ0v) is 28.5. The second kappa shape index (κ2) is 16.4. The Hall–Kier alpha value is -5.57. The first kappa shape index (κ1) is 36.7. The zero-order chi connectivity index (χ0) is 36.5. The number of benzene rings is 3. The number of aromatic nitrogens is 2. The molecule has 0 saturated carbocycles. The van der Waals surface area contributed by atoms with Crippen LogP contribution in [0.4, 0.5) is 5.82 Å². The van der Waals surface area contributed by atoms with Gasteiger partial charge in [0, 0.05) is 20.2 Å². The van der Waals surface area contributed by atoms with E-state index in [9.17, 15) is 24.3 Å². The third-order valence-corrected chi connectivity index (χ3v) is 8.41. The summed E-state index contributed by atoms with van der Waals surface area (Å²) in [5.41, 5.74) is 0.214. The lowest BCUT2D eigenvalue weighted by Gasteiger charge is -2.37. The van der Waals surface area contributed by atoms with E-state index in [2.05, 4.69) is 10.3 Å². The maximum atomic E-state index is 13.2. The van der Waals surface area contributed by atoms with Crippen LogP contribution in [0, 0.1) is 0 Å². The highest BCUT2D eigenvalue weighted by Crippen LogP contribution is 2.43. The van der Waals surface area contributed by atoms with Crippen molar-refractivity contribution in [1.82, 2.24) is 9.55 Å². The minimum atomic E-state index is -1.26. The smallest absolute Gasteiger partial charge is 0.351 e. The molecule has 1 saturated heterocycles. The highest BCUT2D eigenvalue weighted by Gasteiger charge is 2.50. The van der Waals surface area contributed by atoms with Crippen molar-refractivity contribution in [2.75, 3.05) is 33.3 Å². The fourth-order valence-corrected chi connectivity index (χ4v) is 6.02. The van der Waals surface area contributed by atoms with Crippen molar-refractivity contribution in [1.29, 1.82) is 0 Å². The van der Waals surface area contributed by atoms with E-state index in [1.165, 1.54) is 26.3 Å². The van der Waals surface area contributed by atoms with E-state index in [4.69, 9.17) is 28.4 Å². The van der Waals surface area contributed by atoms with Crippen LogP contribution < -0.4 is 20.5 Å². The van der Waals surface area contributed by atoms with Crippen molar-refractivity contribution >= 4 is 23.7 Å². The minimum absolute atomic E-state index is 0.0406. The Kier molecular flexibility index (Phi) is 11.8. The standard InChI is InChI=1S/C37H39N3O11/c1-23(41)38-30-20-21-40(36(45)39-30)35-34(48-4)33(51-32(44)19-18-31(42)43)29(50-35)22-49-37(24-8-6-5-7-9-24,25-10-14-27(46-2)15-11-25)26-12-16-28(47-3)17-13-26/h5-17,20-21,29,33-35H,18-19,22H2,1-4H3,(H,42,43)(H,38,39,41,45). The lowest BCUT2D eigenvalue weighted by Crippen LogP contribution is -2.42. The van der Waals surface area contributed by atoms with Gasteiger partial charge in [-0.05, 0) is 47.0 Å². The number of amides is 1. The molecule has 0 aliphatic carbocycles. The molecule has 5 rings (SSSR count). The predicted octanol–water partition coefficient (Wildman–Crippen LogP) is 3.92. The number of anilines is 1. The maximum absolute atomic E-state index is 13.2. The summed E-state index contributed by atoms with van der Waals surface area (Å²) in [6.07, 6.45) is -3.86. The van der Waals surface area contributed by atoms with Gasteiger partial charge >= 0.3 is 17.6 Å². The number of carboxylic acids is 1. The third kappa shape index (κ3) is 8.26. The van der Waals surface area contributed by atoms with Gasteiger partial charge < -0.3 is 38.8 Å². The predicted molar refractivity (Wildman–Crippen MR) is 183 cm³/mol. The number of methoxy groups -OCH3 is 3. The van der Waals surface area contributed by atoms with Crippen LogP contribution in [0.5, 0.6) is 11.5 Å². The van der Waals surface area contributed by atoms with E-state index in [1.807, 2.05) is 78.9 Å². The molecule has 0 bridgehead atoms. The van der Waals surface area contributed by atoms with Crippen LogP contribution in [-0.2, 0) is 38.9 Å². The van der Waals surface area contributed by atoms with Crippen molar-refractivity contribution < 1.29 is 47.9 Å². The molecule has 2 heterocycles. The van der Waals surface area contributed by atoms with E-state index in [0.29, 0.717) is 11.5 Å². The van der Waals surface area contributed by atoms with Gasteiger partial charge in [-0.2, -0.15) is 4.98 Å². The molecule has 0 radical (unpaired) electrons. The van der Waals surface area contributed by atoms with Crippen molar-refractivity contribution in [3.8, 4) is 11.5 Å². The van der Waals surface area contributed by atoms with E-state index >= 15 is 0 Å². The topological polar surface area (TPSA) is 174 Å². The number of carbonyl (C=O) groups is 3. The highest BCUT2D eigenvalue weighted by molar-refractivity contribution is 5.87. The summed E-state index contributed by atoms with van der Waals surface area (Å²) in [6.45, 7) is 1.09. The number of nitrogens with one attached hydrogen (secondary N) is 1. The summed E-state index contributed by atoms with van der Waals surface area (Å²) >= 11 is 0. The Labute approximate surface area is 293 Å². The minimum Gasteiger partial charge on any atom is -0.497 e. The first-order chi connectivity index (χ1) is 24.6. The number of rotatable bonds is 15. The number of nitrogens with zero attached hydrogens (tertiary/aromatic N) is 2. The molecule has 14 heteroatoms. The molecule has 4 aromatic rings. The molecule has 3 aromatic carbocycles. The summed E-state index contributed by atoms with van der Waals surface area (Å²) < 4.78 is 37.1. The Bertz CT molecular complexity index is 1820. The average molecular weight is 702 g/mol. The van der Waals surface area contributed by atoms with Gasteiger partial charge in [-0.15, -0.1) is 0 Å². The van der Waals surface area contributed by atoms with Gasteiger partial charge in [-0.1, -0.05) is 54.6 Å². The summed E-state index contributed by atoms with van der Waals surface area (Å²) in [4.78, 5) is 52.9. The van der Waals surface area contributed by atoms with Crippen molar-refractivity contribution in [2.45, 2.75) is 49.9 Å². The van der Waals surface area contributed by atoms with Crippen LogP contribution >= 0.6 is 0 Å².